The Bertz CT molecular complexity index is 1100. The average Bonchev–Trinajstić information content (AvgIpc) is 2.96. The molecule has 0 unspecified atom stereocenters. The van der Waals surface area contributed by atoms with Gasteiger partial charge >= 0.3 is 17.9 Å². The minimum Gasteiger partial charge on any atom is -0.494 e. The standard InChI is InChI=1S/C18H20O5.C12H14O3.C2H6/c1-4-14(3)23-18(20)15-8-10-16(11-9-15)21-12-6-7-13-22-17(19)5-2;1-4-14-11-7-5-10(6-8-11)12(13)15-9(2)3;1-2/h4-5,8-11H,1-3,6-7,12-13H2;5-8H,2,4H2,1,3H3;1-2H3. The smallest absolute Gasteiger partial charge is 0.343 e. The maximum absolute atomic E-state index is 11.7. The van der Waals surface area contributed by atoms with Gasteiger partial charge in [-0.25, -0.2) is 14.4 Å². The molecule has 0 heterocycles. The van der Waals surface area contributed by atoms with Gasteiger partial charge in [0.2, 0.25) is 0 Å². The van der Waals surface area contributed by atoms with E-state index in [1.165, 1.54) is 6.08 Å². The van der Waals surface area contributed by atoms with Crippen LogP contribution in [0.4, 0.5) is 0 Å². The number of carbonyl (C=O) groups excluding carboxylic acids is 3. The molecule has 2 aromatic rings. The average molecular weight is 553 g/mol. The zero-order chi connectivity index (χ0) is 30.3. The molecule has 0 aliphatic rings. The Morgan fingerprint density at radius 1 is 0.725 bits per heavy atom. The van der Waals surface area contributed by atoms with Crippen LogP contribution in [0.15, 0.2) is 98.5 Å². The van der Waals surface area contributed by atoms with Gasteiger partial charge in [0, 0.05) is 6.08 Å². The fraction of sp³-hybridized carbons (Fsp3) is 0.281. The summed E-state index contributed by atoms with van der Waals surface area (Å²) in [7, 11) is 0. The highest BCUT2D eigenvalue weighted by atomic mass is 16.5. The fourth-order valence-corrected chi connectivity index (χ4v) is 2.60. The van der Waals surface area contributed by atoms with Crippen LogP contribution >= 0.6 is 0 Å². The lowest BCUT2D eigenvalue weighted by Crippen LogP contribution is -2.05. The van der Waals surface area contributed by atoms with Crippen LogP contribution in [0.1, 0.15) is 61.3 Å². The molecule has 0 aliphatic carbocycles. The predicted octanol–water partition coefficient (Wildman–Crippen LogP) is 7.23. The van der Waals surface area contributed by atoms with Gasteiger partial charge in [-0.3, -0.25) is 0 Å². The largest absolute Gasteiger partial charge is 0.494 e. The summed E-state index contributed by atoms with van der Waals surface area (Å²) >= 11 is 0. The highest BCUT2D eigenvalue weighted by molar-refractivity contribution is 5.90. The minimum absolute atomic E-state index is 0.201. The second-order valence-electron chi connectivity index (χ2n) is 7.56. The van der Waals surface area contributed by atoms with E-state index in [4.69, 9.17) is 23.7 Å². The summed E-state index contributed by atoms with van der Waals surface area (Å²) in [6.45, 7) is 22.8. The molecule has 0 atom stereocenters. The number of ether oxygens (including phenoxy) is 5. The lowest BCUT2D eigenvalue weighted by atomic mass is 10.2. The van der Waals surface area contributed by atoms with E-state index in [1.54, 1.807) is 55.5 Å². The second-order valence-corrected chi connectivity index (χ2v) is 7.56. The van der Waals surface area contributed by atoms with Crippen LogP contribution < -0.4 is 9.47 Å². The molecule has 0 amide bonds. The number of hydrogen-bond acceptors (Lipinski definition) is 8. The zero-order valence-corrected chi connectivity index (χ0v) is 23.9. The third-order valence-electron chi connectivity index (χ3n) is 4.43. The summed E-state index contributed by atoms with van der Waals surface area (Å²) in [5, 5.41) is 0. The zero-order valence-electron chi connectivity index (χ0n) is 23.9. The van der Waals surface area contributed by atoms with Gasteiger partial charge in [0.05, 0.1) is 36.7 Å². The normalized spacial score (nSPS) is 9.20. The Morgan fingerprint density at radius 3 is 1.65 bits per heavy atom. The first-order valence-corrected chi connectivity index (χ1v) is 12.9. The molecule has 0 spiro atoms. The van der Waals surface area contributed by atoms with Crippen molar-refractivity contribution in [1.29, 1.82) is 0 Å². The van der Waals surface area contributed by atoms with Gasteiger partial charge in [-0.2, -0.15) is 0 Å². The number of carbonyl (C=O) groups is 3. The van der Waals surface area contributed by atoms with E-state index in [1.807, 2.05) is 20.8 Å². The molecule has 0 N–H and O–H groups in total. The van der Waals surface area contributed by atoms with Crippen LogP contribution in [0.5, 0.6) is 11.5 Å². The molecule has 0 radical (unpaired) electrons. The first kappa shape index (κ1) is 35.4. The molecular formula is C32H40O8. The first-order valence-electron chi connectivity index (χ1n) is 12.9. The summed E-state index contributed by atoms with van der Waals surface area (Å²) in [5.41, 5.74) is 0.887. The lowest BCUT2D eigenvalue weighted by molar-refractivity contribution is -0.137. The number of benzene rings is 2. The number of hydrogen-bond donors (Lipinski definition) is 0. The van der Waals surface area contributed by atoms with Crippen molar-refractivity contribution in [1.82, 2.24) is 0 Å². The van der Waals surface area contributed by atoms with E-state index in [-0.39, 0.29) is 5.76 Å². The Balaban J connectivity index is 0.000000772. The van der Waals surface area contributed by atoms with Gasteiger partial charge in [0.15, 0.2) is 0 Å². The van der Waals surface area contributed by atoms with Gasteiger partial charge in [-0.15, -0.1) is 0 Å². The molecule has 8 heteroatoms. The monoisotopic (exact) mass is 552 g/mol. The van der Waals surface area contributed by atoms with E-state index in [9.17, 15) is 14.4 Å². The Morgan fingerprint density at radius 2 is 1.20 bits per heavy atom. The topological polar surface area (TPSA) is 97.4 Å². The van der Waals surface area contributed by atoms with Crippen molar-refractivity contribution in [2.75, 3.05) is 19.8 Å². The van der Waals surface area contributed by atoms with Crippen molar-refractivity contribution in [2.45, 2.75) is 40.5 Å². The van der Waals surface area contributed by atoms with Crippen LogP contribution in [0, 0.1) is 0 Å². The molecule has 0 aromatic heterocycles. The number of allylic oxidation sites excluding steroid dienone is 2. The van der Waals surface area contributed by atoms with Crippen molar-refractivity contribution in [3.05, 3.63) is 110 Å². The highest BCUT2D eigenvalue weighted by Crippen LogP contribution is 2.15. The van der Waals surface area contributed by atoms with Crippen molar-refractivity contribution in [3.8, 4) is 11.5 Å². The number of unbranched alkanes of at least 4 members (excludes halogenated alkanes) is 1. The van der Waals surface area contributed by atoms with Crippen LogP contribution in [-0.4, -0.2) is 37.7 Å². The Labute approximate surface area is 237 Å². The molecule has 0 aliphatic heterocycles. The number of rotatable bonds is 14. The van der Waals surface area contributed by atoms with Crippen molar-refractivity contribution >= 4 is 17.9 Å². The molecule has 8 nitrogen and oxygen atoms in total. The number of esters is 3. The Kier molecular flexibility index (Phi) is 18.9. The van der Waals surface area contributed by atoms with Crippen LogP contribution in [0.3, 0.4) is 0 Å². The predicted molar refractivity (Wildman–Crippen MR) is 156 cm³/mol. The molecule has 0 saturated carbocycles. The summed E-state index contributed by atoms with van der Waals surface area (Å²) in [5.74, 6) is 0.654. The molecule has 0 saturated heterocycles. The highest BCUT2D eigenvalue weighted by Gasteiger charge is 2.08. The lowest BCUT2D eigenvalue weighted by Gasteiger charge is -2.07. The third-order valence-corrected chi connectivity index (χ3v) is 4.43. The quantitative estimate of drug-likeness (QED) is 0.0604. The van der Waals surface area contributed by atoms with Crippen molar-refractivity contribution in [3.63, 3.8) is 0 Å². The van der Waals surface area contributed by atoms with Crippen LogP contribution in [-0.2, 0) is 19.0 Å². The van der Waals surface area contributed by atoms with E-state index < -0.39 is 17.9 Å². The van der Waals surface area contributed by atoms with Crippen molar-refractivity contribution < 1.29 is 38.1 Å². The molecule has 40 heavy (non-hydrogen) atoms. The van der Waals surface area contributed by atoms with E-state index in [0.717, 1.165) is 18.2 Å². The fourth-order valence-electron chi connectivity index (χ4n) is 2.60. The molecule has 2 aromatic carbocycles. The third kappa shape index (κ3) is 15.6. The summed E-state index contributed by atoms with van der Waals surface area (Å²) in [6.07, 6.45) is 3.94. The first-order chi connectivity index (χ1) is 19.2. The van der Waals surface area contributed by atoms with Crippen molar-refractivity contribution in [2.24, 2.45) is 0 Å². The minimum atomic E-state index is -0.495. The van der Waals surface area contributed by atoms with Gasteiger partial charge in [-0.1, -0.05) is 40.2 Å². The maximum Gasteiger partial charge on any atom is 0.343 e. The molecular weight excluding hydrogens is 512 g/mol. The van der Waals surface area contributed by atoms with Gasteiger partial charge in [-0.05, 0) is 81.3 Å². The van der Waals surface area contributed by atoms with Gasteiger partial charge < -0.3 is 23.7 Å². The molecule has 216 valence electrons. The maximum atomic E-state index is 11.7. The van der Waals surface area contributed by atoms with E-state index in [0.29, 0.717) is 48.9 Å². The second kappa shape index (κ2) is 21.4. The summed E-state index contributed by atoms with van der Waals surface area (Å²) in [6, 6.07) is 13.4. The molecule has 0 fully saturated rings. The molecule has 2 rings (SSSR count). The van der Waals surface area contributed by atoms with Crippen LogP contribution in [0.2, 0.25) is 0 Å². The molecule has 0 bridgehead atoms. The van der Waals surface area contributed by atoms with Gasteiger partial charge in [0.25, 0.3) is 0 Å². The van der Waals surface area contributed by atoms with E-state index >= 15 is 0 Å². The summed E-state index contributed by atoms with van der Waals surface area (Å²) in [4.78, 5) is 33.9. The van der Waals surface area contributed by atoms with Crippen LogP contribution in [0.25, 0.3) is 0 Å². The van der Waals surface area contributed by atoms with E-state index in [2.05, 4.69) is 26.3 Å². The summed E-state index contributed by atoms with van der Waals surface area (Å²) < 4.78 is 25.4. The Hall–Kier alpha value is -4.59. The van der Waals surface area contributed by atoms with Gasteiger partial charge in [0.1, 0.15) is 17.3 Å². The SMILES string of the molecule is C=C(C)OC(=O)c1ccc(OCC)cc1.C=CC(=C)OC(=O)c1ccc(OCCCCOC(=O)C=C)cc1.CC.